The van der Waals surface area contributed by atoms with E-state index in [1.165, 1.54) is 12.1 Å². The van der Waals surface area contributed by atoms with Gasteiger partial charge in [-0.2, -0.15) is 0 Å². The van der Waals surface area contributed by atoms with Gasteiger partial charge >= 0.3 is 0 Å². The van der Waals surface area contributed by atoms with Crippen LogP contribution in [0.1, 0.15) is 0 Å². The maximum atomic E-state index is 10.6. The van der Waals surface area contributed by atoms with Crippen LogP contribution >= 0.6 is 21.7 Å². The lowest BCUT2D eigenvalue weighted by atomic mass is 10.1. The highest BCUT2D eigenvalue weighted by Gasteiger charge is 2.07. The molecular weight excluding hydrogens is 258 g/mol. The Labute approximate surface area is 107 Å². The summed E-state index contributed by atoms with van der Waals surface area (Å²) in [7, 11) is 6.91. The lowest BCUT2D eigenvalue weighted by Crippen LogP contribution is -1.87. The van der Waals surface area contributed by atoms with Crippen molar-refractivity contribution in [1.82, 2.24) is 0 Å². The molecule has 0 saturated heterocycles. The number of nitro groups is 1. The molecule has 2 aromatic carbocycles. The molecule has 0 atom stereocenters. The molecule has 0 aromatic heterocycles. The topological polar surface area (TPSA) is 43.1 Å². The monoisotopic (exact) mass is 265 g/mol. The van der Waals surface area contributed by atoms with Crippen LogP contribution < -0.4 is 0 Å². The molecule has 0 saturated carbocycles. The summed E-state index contributed by atoms with van der Waals surface area (Å²) in [6.07, 6.45) is 0. The highest BCUT2D eigenvalue weighted by molar-refractivity contribution is 8.21. The van der Waals surface area contributed by atoms with Gasteiger partial charge in [-0.1, -0.05) is 18.2 Å². The first-order chi connectivity index (χ1) is 8.22. The van der Waals surface area contributed by atoms with Crippen molar-refractivity contribution in [2.45, 2.75) is 4.90 Å². The Morgan fingerprint density at radius 2 is 1.71 bits per heavy atom. The smallest absolute Gasteiger partial charge is 0.258 e. The second-order valence-electron chi connectivity index (χ2n) is 3.38. The summed E-state index contributed by atoms with van der Waals surface area (Å²) in [5.74, 6) is 0. The molecule has 0 bridgehead atoms. The molecule has 5 heteroatoms. The van der Waals surface area contributed by atoms with E-state index in [2.05, 4.69) is 0 Å². The van der Waals surface area contributed by atoms with Gasteiger partial charge in [0.2, 0.25) is 0 Å². The van der Waals surface area contributed by atoms with Crippen LogP contribution in [0.4, 0.5) is 5.69 Å². The summed E-state index contributed by atoms with van der Waals surface area (Å²) in [6.45, 7) is 0. The summed E-state index contributed by atoms with van der Waals surface area (Å²) in [6, 6.07) is 14.1. The zero-order chi connectivity index (χ0) is 12.3. The van der Waals surface area contributed by atoms with Gasteiger partial charge in [0.1, 0.15) is 0 Å². The predicted molar refractivity (Wildman–Crippen MR) is 70.2 cm³/mol. The Morgan fingerprint density at radius 1 is 1.06 bits per heavy atom. The molecule has 0 aliphatic heterocycles. The van der Waals surface area contributed by atoms with Gasteiger partial charge in [-0.25, -0.2) is 0 Å². The number of rotatable bonds is 3. The summed E-state index contributed by atoms with van der Waals surface area (Å²) in [5, 5.41) is 10.6. The summed E-state index contributed by atoms with van der Waals surface area (Å²) < 4.78 is 0. The molecule has 0 spiro atoms. The third-order valence-corrected chi connectivity index (χ3v) is 3.38. The highest BCUT2D eigenvalue weighted by atomic mass is 35.7. The maximum absolute atomic E-state index is 10.6. The number of hydrogen-bond donors (Lipinski definition) is 0. The molecule has 2 aromatic rings. The molecule has 17 heavy (non-hydrogen) atoms. The normalized spacial score (nSPS) is 10.2. The summed E-state index contributed by atoms with van der Waals surface area (Å²) in [5.41, 5.74) is 1.98. The molecule has 0 unspecified atom stereocenters. The molecule has 0 N–H and O–H groups in total. The van der Waals surface area contributed by atoms with E-state index in [1.807, 2.05) is 24.3 Å². The lowest BCUT2D eigenvalue weighted by molar-refractivity contribution is -0.384. The molecule has 0 fully saturated rings. The van der Waals surface area contributed by atoms with E-state index in [0.717, 1.165) is 27.0 Å². The van der Waals surface area contributed by atoms with E-state index < -0.39 is 4.92 Å². The van der Waals surface area contributed by atoms with Crippen molar-refractivity contribution in [2.24, 2.45) is 0 Å². The van der Waals surface area contributed by atoms with Crippen LogP contribution in [0.25, 0.3) is 11.1 Å². The quantitative estimate of drug-likeness (QED) is 0.606. The van der Waals surface area contributed by atoms with Gasteiger partial charge in [-0.05, 0) is 51.0 Å². The predicted octanol–water partition coefficient (Wildman–Crippen LogP) is 4.51. The molecule has 3 nitrogen and oxygen atoms in total. The van der Waals surface area contributed by atoms with E-state index in [4.69, 9.17) is 10.7 Å². The number of hydrogen-bond acceptors (Lipinski definition) is 3. The fraction of sp³-hybridized carbons (Fsp3) is 0. The van der Waals surface area contributed by atoms with Crippen LogP contribution in [0.5, 0.6) is 0 Å². The fourth-order valence-electron chi connectivity index (χ4n) is 1.54. The van der Waals surface area contributed by atoms with Crippen molar-refractivity contribution in [2.75, 3.05) is 0 Å². The van der Waals surface area contributed by atoms with Gasteiger partial charge in [0.05, 0.1) is 4.92 Å². The Kier molecular flexibility index (Phi) is 3.66. The zero-order valence-corrected chi connectivity index (χ0v) is 10.2. The van der Waals surface area contributed by atoms with E-state index in [1.54, 1.807) is 12.1 Å². The van der Waals surface area contributed by atoms with Crippen molar-refractivity contribution in [3.8, 4) is 11.1 Å². The van der Waals surface area contributed by atoms with Crippen LogP contribution in [0, 0.1) is 10.1 Å². The summed E-state index contributed by atoms with van der Waals surface area (Å²) in [4.78, 5) is 11.1. The third-order valence-electron chi connectivity index (χ3n) is 2.36. The van der Waals surface area contributed by atoms with Gasteiger partial charge in [0.15, 0.2) is 0 Å². The van der Waals surface area contributed by atoms with E-state index in [0.29, 0.717) is 0 Å². The SMILES string of the molecule is O=[N+]([O-])c1ccc(-c2ccccc2SCl)cc1. The van der Waals surface area contributed by atoms with Gasteiger partial charge < -0.3 is 0 Å². The molecule has 0 aliphatic carbocycles. The second kappa shape index (κ2) is 5.21. The Hall–Kier alpha value is -1.52. The van der Waals surface area contributed by atoms with Crippen LogP contribution in [0.3, 0.4) is 0 Å². The second-order valence-corrected chi connectivity index (χ2v) is 4.43. The third kappa shape index (κ3) is 2.60. The minimum absolute atomic E-state index is 0.0877. The van der Waals surface area contributed by atoms with E-state index in [-0.39, 0.29) is 5.69 Å². The van der Waals surface area contributed by atoms with Gasteiger partial charge in [0.25, 0.3) is 5.69 Å². The molecule has 0 heterocycles. The minimum Gasteiger partial charge on any atom is -0.258 e. The first-order valence-electron chi connectivity index (χ1n) is 4.85. The number of benzene rings is 2. The molecular formula is C12H8ClNO2S. The maximum Gasteiger partial charge on any atom is 0.269 e. The number of halogens is 1. The van der Waals surface area contributed by atoms with Crippen molar-refractivity contribution < 1.29 is 4.92 Å². The molecule has 86 valence electrons. The fourth-order valence-corrected chi connectivity index (χ4v) is 2.34. The molecule has 0 amide bonds. The first kappa shape index (κ1) is 12.0. The standard InChI is InChI=1S/C12H8ClNO2S/c13-17-12-4-2-1-3-11(12)9-5-7-10(8-6-9)14(15)16/h1-8H. The van der Waals surface area contributed by atoms with Crippen LogP contribution in [0.2, 0.25) is 0 Å². The molecule has 0 radical (unpaired) electrons. The first-order valence-corrected chi connectivity index (χ1v) is 6.49. The Balaban J connectivity index is 2.43. The van der Waals surface area contributed by atoms with E-state index >= 15 is 0 Å². The lowest BCUT2D eigenvalue weighted by Gasteiger charge is -2.05. The Bertz CT molecular complexity index is 542. The van der Waals surface area contributed by atoms with Crippen LogP contribution in [0.15, 0.2) is 53.4 Å². The van der Waals surface area contributed by atoms with Crippen LogP contribution in [-0.2, 0) is 0 Å². The zero-order valence-electron chi connectivity index (χ0n) is 8.67. The number of non-ortho nitro benzene ring substituents is 1. The Morgan fingerprint density at radius 3 is 2.29 bits per heavy atom. The van der Waals surface area contributed by atoms with Gasteiger partial charge in [-0.15, -0.1) is 0 Å². The number of nitro benzene ring substituents is 1. The highest BCUT2D eigenvalue weighted by Crippen LogP contribution is 2.33. The average Bonchev–Trinajstić information content (AvgIpc) is 2.39. The van der Waals surface area contributed by atoms with Crippen molar-refractivity contribution in [1.29, 1.82) is 0 Å². The van der Waals surface area contributed by atoms with Crippen molar-refractivity contribution in [3.05, 3.63) is 58.6 Å². The summed E-state index contributed by atoms with van der Waals surface area (Å²) >= 11 is 0. The van der Waals surface area contributed by atoms with Gasteiger partial charge in [-0.3, -0.25) is 10.1 Å². The molecule has 0 aliphatic rings. The van der Waals surface area contributed by atoms with Gasteiger partial charge in [0, 0.05) is 17.0 Å². The molecule has 2 rings (SSSR count). The largest absolute Gasteiger partial charge is 0.269 e. The van der Waals surface area contributed by atoms with Crippen LogP contribution in [-0.4, -0.2) is 4.92 Å². The van der Waals surface area contributed by atoms with E-state index in [9.17, 15) is 10.1 Å². The van der Waals surface area contributed by atoms with Crippen molar-refractivity contribution >= 4 is 27.3 Å². The van der Waals surface area contributed by atoms with Crippen molar-refractivity contribution in [3.63, 3.8) is 0 Å². The number of nitrogens with zero attached hydrogens (tertiary/aromatic N) is 1. The average molecular weight is 266 g/mol. The minimum atomic E-state index is -0.411.